The Balaban J connectivity index is 2.37. The van der Waals surface area contributed by atoms with Crippen molar-refractivity contribution in [2.24, 2.45) is 0 Å². The molecule has 1 saturated heterocycles. The van der Waals surface area contributed by atoms with Crippen molar-refractivity contribution >= 4 is 17.7 Å². The van der Waals surface area contributed by atoms with E-state index in [1.165, 1.54) is 6.42 Å². The second-order valence-electron chi connectivity index (χ2n) is 4.09. The van der Waals surface area contributed by atoms with E-state index < -0.39 is 5.97 Å². The lowest BCUT2D eigenvalue weighted by atomic mass is 10.1. The van der Waals surface area contributed by atoms with E-state index in [1.807, 2.05) is 0 Å². The fourth-order valence-corrected chi connectivity index (χ4v) is 2.57. The number of piperidine rings is 1. The van der Waals surface area contributed by atoms with E-state index >= 15 is 0 Å². The Labute approximate surface area is 96.2 Å². The van der Waals surface area contributed by atoms with Crippen molar-refractivity contribution in [2.75, 3.05) is 25.1 Å². The van der Waals surface area contributed by atoms with Crippen molar-refractivity contribution < 1.29 is 9.90 Å². The Bertz CT molecular complexity index is 193. The molecule has 0 aromatic rings. The van der Waals surface area contributed by atoms with E-state index in [0.717, 1.165) is 44.5 Å². The number of hydrogen-bond acceptors (Lipinski definition) is 3. The van der Waals surface area contributed by atoms with Crippen LogP contribution < -0.4 is 0 Å². The number of carboxylic acid groups (broad SMARTS) is 1. The van der Waals surface area contributed by atoms with Gasteiger partial charge in [-0.3, -0.25) is 9.69 Å². The first-order valence-electron chi connectivity index (χ1n) is 5.71. The normalized spacial score (nSPS) is 20.1. The topological polar surface area (TPSA) is 40.5 Å². The van der Waals surface area contributed by atoms with Crippen LogP contribution in [0.1, 0.15) is 32.1 Å². The Morgan fingerprint density at radius 1 is 1.40 bits per heavy atom. The van der Waals surface area contributed by atoms with Crippen molar-refractivity contribution in [1.29, 1.82) is 0 Å². The van der Waals surface area contributed by atoms with Gasteiger partial charge < -0.3 is 5.11 Å². The molecule has 1 unspecified atom stereocenters. The van der Waals surface area contributed by atoms with Gasteiger partial charge in [-0.05, 0) is 50.8 Å². The maximum Gasteiger partial charge on any atom is 0.320 e. The minimum Gasteiger partial charge on any atom is -0.480 e. The molecule has 0 spiro atoms. The van der Waals surface area contributed by atoms with Crippen LogP contribution in [0.25, 0.3) is 0 Å². The highest BCUT2D eigenvalue weighted by Gasteiger charge is 2.25. The van der Waals surface area contributed by atoms with Crippen LogP contribution in [-0.2, 0) is 4.79 Å². The monoisotopic (exact) mass is 231 g/mol. The van der Waals surface area contributed by atoms with Crippen molar-refractivity contribution in [3.05, 3.63) is 0 Å². The summed E-state index contributed by atoms with van der Waals surface area (Å²) in [6.07, 6.45) is 7.45. The highest BCUT2D eigenvalue weighted by atomic mass is 32.2. The zero-order chi connectivity index (χ0) is 11.1. The quantitative estimate of drug-likeness (QED) is 0.710. The smallest absolute Gasteiger partial charge is 0.320 e. The summed E-state index contributed by atoms with van der Waals surface area (Å²) in [6.45, 7) is 1.94. The predicted molar refractivity (Wildman–Crippen MR) is 64.5 cm³/mol. The number of thioether (sulfide) groups is 1. The maximum atomic E-state index is 11.1. The molecule has 0 saturated carbocycles. The Kier molecular flexibility index (Phi) is 6.10. The average Bonchev–Trinajstić information content (AvgIpc) is 2.25. The van der Waals surface area contributed by atoms with E-state index in [2.05, 4.69) is 11.2 Å². The summed E-state index contributed by atoms with van der Waals surface area (Å²) < 4.78 is 0. The molecule has 0 bridgehead atoms. The van der Waals surface area contributed by atoms with Gasteiger partial charge in [0.05, 0.1) is 0 Å². The second kappa shape index (κ2) is 7.12. The third-order valence-electron chi connectivity index (χ3n) is 2.94. The highest BCUT2D eigenvalue weighted by molar-refractivity contribution is 7.98. The molecule has 0 aromatic heterocycles. The average molecular weight is 231 g/mol. The lowest BCUT2D eigenvalue weighted by Gasteiger charge is -2.31. The number of aliphatic carboxylic acids is 1. The first kappa shape index (κ1) is 12.8. The van der Waals surface area contributed by atoms with Crippen LogP contribution in [-0.4, -0.2) is 47.1 Å². The van der Waals surface area contributed by atoms with Crippen LogP contribution in [0.15, 0.2) is 0 Å². The van der Waals surface area contributed by atoms with Crippen molar-refractivity contribution in [1.82, 2.24) is 4.90 Å². The van der Waals surface area contributed by atoms with E-state index in [4.69, 9.17) is 0 Å². The van der Waals surface area contributed by atoms with Gasteiger partial charge in [0, 0.05) is 0 Å². The molecule has 15 heavy (non-hydrogen) atoms. The zero-order valence-corrected chi connectivity index (χ0v) is 10.3. The van der Waals surface area contributed by atoms with Gasteiger partial charge in [0.2, 0.25) is 0 Å². The summed E-state index contributed by atoms with van der Waals surface area (Å²) in [5.74, 6) is 0.426. The van der Waals surface area contributed by atoms with E-state index in [1.54, 1.807) is 11.8 Å². The predicted octanol–water partition coefficient (Wildman–Crippen LogP) is 2.07. The molecule has 1 atom stereocenters. The van der Waals surface area contributed by atoms with Gasteiger partial charge >= 0.3 is 5.97 Å². The van der Waals surface area contributed by atoms with Crippen LogP contribution in [0.2, 0.25) is 0 Å². The molecule has 88 valence electrons. The van der Waals surface area contributed by atoms with Crippen LogP contribution in [0.3, 0.4) is 0 Å². The molecular formula is C11H21NO2S. The standard InChI is InChI=1S/C11H21NO2S/c1-15-9-5-6-10(11(13)14)12-7-3-2-4-8-12/h10H,2-9H2,1H3,(H,13,14). The molecule has 3 nitrogen and oxygen atoms in total. The minimum absolute atomic E-state index is 0.238. The van der Waals surface area contributed by atoms with Gasteiger partial charge in [0.1, 0.15) is 6.04 Å². The Morgan fingerprint density at radius 2 is 2.07 bits per heavy atom. The van der Waals surface area contributed by atoms with Crippen molar-refractivity contribution in [3.63, 3.8) is 0 Å². The summed E-state index contributed by atoms with van der Waals surface area (Å²) in [5, 5.41) is 9.18. The summed E-state index contributed by atoms with van der Waals surface area (Å²) in [5.41, 5.74) is 0. The molecule has 1 heterocycles. The molecule has 1 aliphatic rings. The van der Waals surface area contributed by atoms with Gasteiger partial charge in [-0.25, -0.2) is 0 Å². The summed E-state index contributed by atoms with van der Waals surface area (Å²) in [7, 11) is 0. The lowest BCUT2D eigenvalue weighted by molar-refractivity contribution is -0.144. The second-order valence-corrected chi connectivity index (χ2v) is 5.07. The van der Waals surface area contributed by atoms with Gasteiger partial charge in [-0.15, -0.1) is 0 Å². The molecule has 1 aliphatic heterocycles. The fourth-order valence-electron chi connectivity index (χ4n) is 2.11. The number of carboxylic acids is 1. The van der Waals surface area contributed by atoms with E-state index in [0.29, 0.717) is 0 Å². The van der Waals surface area contributed by atoms with Gasteiger partial charge in [-0.1, -0.05) is 6.42 Å². The molecule has 0 radical (unpaired) electrons. The van der Waals surface area contributed by atoms with Gasteiger partial charge in [-0.2, -0.15) is 11.8 Å². The summed E-state index contributed by atoms with van der Waals surface area (Å²) in [4.78, 5) is 13.3. The molecular weight excluding hydrogens is 210 g/mol. The summed E-state index contributed by atoms with van der Waals surface area (Å²) >= 11 is 1.79. The molecule has 1 rings (SSSR count). The van der Waals surface area contributed by atoms with E-state index in [9.17, 15) is 9.90 Å². The Hall–Kier alpha value is -0.220. The van der Waals surface area contributed by atoms with E-state index in [-0.39, 0.29) is 6.04 Å². The van der Waals surface area contributed by atoms with Gasteiger partial charge in [0.25, 0.3) is 0 Å². The fraction of sp³-hybridized carbons (Fsp3) is 0.909. The van der Waals surface area contributed by atoms with Crippen LogP contribution in [0, 0.1) is 0 Å². The SMILES string of the molecule is CSCCCC(C(=O)O)N1CCCCC1. The minimum atomic E-state index is -0.641. The lowest BCUT2D eigenvalue weighted by Crippen LogP contribution is -2.44. The molecule has 0 amide bonds. The van der Waals surface area contributed by atoms with Crippen LogP contribution in [0.5, 0.6) is 0 Å². The van der Waals surface area contributed by atoms with Crippen LogP contribution in [0.4, 0.5) is 0 Å². The van der Waals surface area contributed by atoms with Gasteiger partial charge in [0.15, 0.2) is 0 Å². The van der Waals surface area contributed by atoms with Crippen LogP contribution >= 0.6 is 11.8 Å². The first-order chi connectivity index (χ1) is 7.25. The third kappa shape index (κ3) is 4.43. The third-order valence-corrected chi connectivity index (χ3v) is 3.64. The largest absolute Gasteiger partial charge is 0.480 e. The number of likely N-dealkylation sites (tertiary alicyclic amines) is 1. The molecule has 1 fully saturated rings. The molecule has 0 aliphatic carbocycles. The number of nitrogens with zero attached hydrogens (tertiary/aromatic N) is 1. The highest BCUT2D eigenvalue weighted by Crippen LogP contribution is 2.16. The number of hydrogen-bond donors (Lipinski definition) is 1. The first-order valence-corrected chi connectivity index (χ1v) is 7.11. The molecule has 1 N–H and O–H groups in total. The Morgan fingerprint density at radius 3 is 2.60 bits per heavy atom. The van der Waals surface area contributed by atoms with Crippen molar-refractivity contribution in [3.8, 4) is 0 Å². The molecule has 4 heteroatoms. The maximum absolute atomic E-state index is 11.1. The van der Waals surface area contributed by atoms with Crippen molar-refractivity contribution in [2.45, 2.75) is 38.1 Å². The number of rotatable bonds is 6. The summed E-state index contributed by atoms with van der Waals surface area (Å²) in [6, 6.07) is -0.238. The molecule has 0 aromatic carbocycles. The number of carbonyl (C=O) groups is 1. The zero-order valence-electron chi connectivity index (χ0n) is 9.45.